The van der Waals surface area contributed by atoms with Crippen LogP contribution in [0.2, 0.25) is 0 Å². The molecule has 5 nitrogen and oxygen atoms in total. The number of nitrogens with zero attached hydrogens (tertiary/aromatic N) is 1. The maximum Gasteiger partial charge on any atom is 0.243 e. The first-order chi connectivity index (χ1) is 16.6. The van der Waals surface area contributed by atoms with Crippen LogP contribution in [-0.4, -0.2) is 36.4 Å². The predicted molar refractivity (Wildman–Crippen MR) is 136 cm³/mol. The van der Waals surface area contributed by atoms with E-state index >= 15 is 0 Å². The molecule has 1 unspecified atom stereocenters. The van der Waals surface area contributed by atoms with Crippen molar-refractivity contribution >= 4 is 11.8 Å². The Labute approximate surface area is 202 Å². The number of amides is 2. The van der Waals surface area contributed by atoms with Gasteiger partial charge in [0.2, 0.25) is 11.8 Å². The topological polar surface area (TPSA) is 58.6 Å². The van der Waals surface area contributed by atoms with E-state index in [1.54, 1.807) is 12.0 Å². The molecule has 0 aliphatic rings. The Morgan fingerprint density at radius 3 is 2.06 bits per heavy atom. The third kappa shape index (κ3) is 7.48. The highest BCUT2D eigenvalue weighted by molar-refractivity contribution is 5.88. The molecular formula is C29H34N2O3. The van der Waals surface area contributed by atoms with Crippen molar-refractivity contribution in [2.24, 2.45) is 0 Å². The van der Waals surface area contributed by atoms with Gasteiger partial charge in [-0.2, -0.15) is 0 Å². The van der Waals surface area contributed by atoms with Crippen LogP contribution in [0.25, 0.3) is 0 Å². The highest BCUT2D eigenvalue weighted by atomic mass is 16.5. The normalized spacial score (nSPS) is 11.5. The van der Waals surface area contributed by atoms with Gasteiger partial charge in [-0.3, -0.25) is 9.59 Å². The zero-order valence-electron chi connectivity index (χ0n) is 20.1. The summed E-state index contributed by atoms with van der Waals surface area (Å²) in [5, 5.41) is 3.05. The van der Waals surface area contributed by atoms with Crippen LogP contribution in [-0.2, 0) is 29.0 Å². The number of ether oxygens (including phenoxy) is 1. The first-order valence-corrected chi connectivity index (χ1v) is 11.9. The maximum absolute atomic E-state index is 13.6. The van der Waals surface area contributed by atoms with Crippen LogP contribution in [0.5, 0.6) is 5.75 Å². The summed E-state index contributed by atoms with van der Waals surface area (Å²) in [5.41, 5.74) is 2.89. The zero-order valence-corrected chi connectivity index (χ0v) is 20.1. The van der Waals surface area contributed by atoms with Crippen molar-refractivity contribution in [1.82, 2.24) is 10.2 Å². The molecule has 3 rings (SSSR count). The SMILES string of the molecule is CCCCNC(=O)C(Cc1ccccc1)N(Cc1ccc(OC)cc1)C(=O)Cc1ccccc1. The fraction of sp³-hybridized carbons (Fsp3) is 0.310. The zero-order chi connectivity index (χ0) is 24.2. The highest BCUT2D eigenvalue weighted by Gasteiger charge is 2.30. The lowest BCUT2D eigenvalue weighted by Crippen LogP contribution is -2.51. The van der Waals surface area contributed by atoms with E-state index < -0.39 is 6.04 Å². The molecule has 0 bridgehead atoms. The quantitative estimate of drug-likeness (QED) is 0.397. The van der Waals surface area contributed by atoms with E-state index in [9.17, 15) is 9.59 Å². The van der Waals surface area contributed by atoms with Gasteiger partial charge in [0.05, 0.1) is 13.5 Å². The summed E-state index contributed by atoms with van der Waals surface area (Å²) in [6.07, 6.45) is 2.59. The van der Waals surface area contributed by atoms with Crippen LogP contribution in [0.15, 0.2) is 84.9 Å². The Balaban J connectivity index is 1.92. The van der Waals surface area contributed by atoms with E-state index in [1.807, 2.05) is 84.9 Å². The number of nitrogens with one attached hydrogen (secondary N) is 1. The van der Waals surface area contributed by atoms with Gasteiger partial charge in [-0.15, -0.1) is 0 Å². The minimum Gasteiger partial charge on any atom is -0.497 e. The second kappa shape index (κ2) is 13.2. The first-order valence-electron chi connectivity index (χ1n) is 11.9. The van der Waals surface area contributed by atoms with Gasteiger partial charge < -0.3 is 15.0 Å². The predicted octanol–water partition coefficient (Wildman–Crippen LogP) is 4.79. The molecule has 34 heavy (non-hydrogen) atoms. The van der Waals surface area contributed by atoms with Gasteiger partial charge in [0.1, 0.15) is 11.8 Å². The molecule has 3 aromatic rings. The number of rotatable bonds is 12. The van der Waals surface area contributed by atoms with Crippen molar-refractivity contribution < 1.29 is 14.3 Å². The number of benzene rings is 3. The summed E-state index contributed by atoms with van der Waals surface area (Å²) in [6.45, 7) is 3.03. The van der Waals surface area contributed by atoms with Gasteiger partial charge in [-0.05, 0) is 35.2 Å². The van der Waals surface area contributed by atoms with Crippen molar-refractivity contribution in [2.75, 3.05) is 13.7 Å². The lowest BCUT2D eigenvalue weighted by molar-refractivity contribution is -0.140. The second-order valence-corrected chi connectivity index (χ2v) is 8.38. The van der Waals surface area contributed by atoms with Gasteiger partial charge in [0.25, 0.3) is 0 Å². The van der Waals surface area contributed by atoms with Crippen LogP contribution in [0.1, 0.15) is 36.5 Å². The number of carbonyl (C=O) groups excluding carboxylic acids is 2. The Hall–Kier alpha value is -3.60. The van der Waals surface area contributed by atoms with Crippen LogP contribution in [0.3, 0.4) is 0 Å². The smallest absolute Gasteiger partial charge is 0.243 e. The molecule has 0 fully saturated rings. The van der Waals surface area contributed by atoms with E-state index in [1.165, 1.54) is 0 Å². The average molecular weight is 459 g/mol. The minimum atomic E-state index is -0.613. The van der Waals surface area contributed by atoms with Crippen molar-refractivity contribution in [3.8, 4) is 5.75 Å². The molecule has 0 heterocycles. The maximum atomic E-state index is 13.6. The highest BCUT2D eigenvalue weighted by Crippen LogP contribution is 2.18. The van der Waals surface area contributed by atoms with Gasteiger partial charge in [-0.25, -0.2) is 0 Å². The largest absolute Gasteiger partial charge is 0.497 e. The first kappa shape index (κ1) is 25.0. The van der Waals surface area contributed by atoms with Crippen molar-refractivity contribution in [3.05, 3.63) is 102 Å². The molecule has 3 aromatic carbocycles. The molecule has 0 saturated carbocycles. The van der Waals surface area contributed by atoms with E-state index in [4.69, 9.17) is 4.74 Å². The van der Waals surface area contributed by atoms with Crippen molar-refractivity contribution in [2.45, 2.75) is 45.2 Å². The van der Waals surface area contributed by atoms with Crippen LogP contribution >= 0.6 is 0 Å². The van der Waals surface area contributed by atoms with Gasteiger partial charge in [0.15, 0.2) is 0 Å². The monoisotopic (exact) mass is 458 g/mol. The summed E-state index contributed by atoms with van der Waals surface area (Å²) in [5.74, 6) is 0.560. The molecule has 0 spiro atoms. The van der Waals surface area contributed by atoms with E-state index in [0.717, 1.165) is 35.3 Å². The Morgan fingerprint density at radius 2 is 1.47 bits per heavy atom. The van der Waals surface area contributed by atoms with E-state index in [-0.39, 0.29) is 18.2 Å². The van der Waals surface area contributed by atoms with Gasteiger partial charge in [0, 0.05) is 19.5 Å². The summed E-state index contributed by atoms with van der Waals surface area (Å²) in [6, 6.07) is 26.6. The Morgan fingerprint density at radius 1 is 0.853 bits per heavy atom. The molecule has 0 saturated heterocycles. The standard InChI is InChI=1S/C29H34N2O3/c1-3-4-19-30-29(33)27(20-23-11-7-5-8-12-23)31(22-25-15-17-26(34-2)18-16-25)28(32)21-24-13-9-6-10-14-24/h5-18,27H,3-4,19-22H2,1-2H3,(H,30,33). The lowest BCUT2D eigenvalue weighted by Gasteiger charge is -2.32. The molecule has 178 valence electrons. The molecule has 1 atom stereocenters. The molecular weight excluding hydrogens is 424 g/mol. The molecule has 0 aliphatic heterocycles. The lowest BCUT2D eigenvalue weighted by atomic mass is 10.0. The summed E-state index contributed by atoms with van der Waals surface area (Å²) >= 11 is 0. The molecule has 5 heteroatoms. The number of methoxy groups -OCH3 is 1. The average Bonchev–Trinajstić information content (AvgIpc) is 2.87. The number of hydrogen-bond donors (Lipinski definition) is 1. The van der Waals surface area contributed by atoms with E-state index in [2.05, 4.69) is 12.2 Å². The fourth-order valence-corrected chi connectivity index (χ4v) is 3.86. The Bertz CT molecular complexity index is 1020. The second-order valence-electron chi connectivity index (χ2n) is 8.38. The fourth-order valence-electron chi connectivity index (χ4n) is 3.86. The summed E-state index contributed by atoms with van der Waals surface area (Å²) in [7, 11) is 1.63. The van der Waals surface area contributed by atoms with Crippen LogP contribution in [0.4, 0.5) is 0 Å². The number of hydrogen-bond acceptors (Lipinski definition) is 3. The van der Waals surface area contributed by atoms with Gasteiger partial charge in [-0.1, -0.05) is 86.1 Å². The third-order valence-electron chi connectivity index (χ3n) is 5.81. The minimum absolute atomic E-state index is 0.0754. The van der Waals surface area contributed by atoms with Gasteiger partial charge >= 0.3 is 0 Å². The number of unbranched alkanes of at least 4 members (excludes halogenated alkanes) is 1. The summed E-state index contributed by atoms with van der Waals surface area (Å²) in [4.78, 5) is 28.7. The molecule has 0 aromatic heterocycles. The number of carbonyl (C=O) groups is 2. The van der Waals surface area contributed by atoms with Crippen LogP contribution < -0.4 is 10.1 Å². The van der Waals surface area contributed by atoms with E-state index in [0.29, 0.717) is 19.5 Å². The van der Waals surface area contributed by atoms with Crippen molar-refractivity contribution in [1.29, 1.82) is 0 Å². The van der Waals surface area contributed by atoms with Crippen LogP contribution in [0, 0.1) is 0 Å². The molecule has 0 radical (unpaired) electrons. The molecule has 0 aliphatic carbocycles. The molecule has 1 N–H and O–H groups in total. The van der Waals surface area contributed by atoms with Crippen molar-refractivity contribution in [3.63, 3.8) is 0 Å². The third-order valence-corrected chi connectivity index (χ3v) is 5.81. The Kier molecular flexibility index (Phi) is 9.71. The molecule has 2 amide bonds. The summed E-state index contributed by atoms with van der Waals surface area (Å²) < 4.78 is 5.28.